The van der Waals surface area contributed by atoms with Crippen molar-refractivity contribution in [2.75, 3.05) is 0 Å². The largest absolute Gasteiger partial charge is 0.256 e. The van der Waals surface area contributed by atoms with Gasteiger partial charge in [-0.1, -0.05) is 12.1 Å². The van der Waals surface area contributed by atoms with Gasteiger partial charge in [0.1, 0.15) is 0 Å². The topological polar surface area (TPSA) is 12.9 Å². The van der Waals surface area contributed by atoms with E-state index >= 15 is 0 Å². The summed E-state index contributed by atoms with van der Waals surface area (Å²) in [6.45, 7) is 0. The summed E-state index contributed by atoms with van der Waals surface area (Å²) >= 11 is 0. The van der Waals surface area contributed by atoms with Gasteiger partial charge in [-0.15, -0.1) is 0 Å². The van der Waals surface area contributed by atoms with Crippen molar-refractivity contribution in [3.8, 4) is 11.3 Å². The van der Waals surface area contributed by atoms with Gasteiger partial charge in [0.2, 0.25) is 0 Å². The summed E-state index contributed by atoms with van der Waals surface area (Å²) in [6, 6.07) is 10.8. The number of halogens is 2. The summed E-state index contributed by atoms with van der Waals surface area (Å²) in [4.78, 5) is 3.87. The molecule has 0 aliphatic heterocycles. The van der Waals surface area contributed by atoms with Crippen molar-refractivity contribution in [2.24, 2.45) is 0 Å². The Morgan fingerprint density at radius 3 is 2.71 bits per heavy atom. The molecule has 14 heavy (non-hydrogen) atoms. The summed E-state index contributed by atoms with van der Waals surface area (Å²) in [5.74, 6) is -1.91. The lowest BCUT2D eigenvalue weighted by molar-refractivity contribution is 0.509. The highest BCUT2D eigenvalue weighted by Gasteiger charge is 2.09. The molecule has 2 radical (unpaired) electrons. The van der Waals surface area contributed by atoms with Crippen molar-refractivity contribution < 1.29 is 8.78 Å². The maximum Gasteiger partial charge on any atom is 0.168 e. The maximum atomic E-state index is 13.2. The monoisotopic (exact) mass is 189 g/mol. The van der Waals surface area contributed by atoms with Crippen LogP contribution in [-0.4, -0.2) is 4.98 Å². The maximum absolute atomic E-state index is 13.2. The van der Waals surface area contributed by atoms with Crippen molar-refractivity contribution in [2.45, 2.75) is 0 Å². The lowest BCUT2D eigenvalue weighted by atomic mass is 10.1. The minimum Gasteiger partial charge on any atom is -0.256 e. The number of hydrogen-bond donors (Lipinski definition) is 0. The molecule has 0 fully saturated rings. The van der Waals surface area contributed by atoms with E-state index in [1.807, 2.05) is 0 Å². The molecule has 0 atom stereocenters. The second-order valence-corrected chi connectivity index (χ2v) is 2.66. The molecular weight excluding hydrogens is 184 g/mol. The van der Waals surface area contributed by atoms with Crippen LogP contribution in [-0.2, 0) is 0 Å². The molecule has 2 rings (SSSR count). The Hall–Kier alpha value is -1.77. The van der Waals surface area contributed by atoms with Crippen LogP contribution >= 0.6 is 0 Å². The van der Waals surface area contributed by atoms with Gasteiger partial charge in [0.25, 0.3) is 0 Å². The molecule has 0 amide bonds. The first-order valence-electron chi connectivity index (χ1n) is 3.97. The van der Waals surface area contributed by atoms with E-state index in [2.05, 4.69) is 17.1 Å². The van der Waals surface area contributed by atoms with Gasteiger partial charge in [-0.2, -0.15) is 0 Å². The van der Waals surface area contributed by atoms with Gasteiger partial charge in [0.15, 0.2) is 11.6 Å². The van der Waals surface area contributed by atoms with Gasteiger partial charge < -0.3 is 0 Å². The molecule has 0 saturated heterocycles. The van der Waals surface area contributed by atoms with Gasteiger partial charge in [-0.3, -0.25) is 4.98 Å². The highest BCUT2D eigenvalue weighted by molar-refractivity contribution is 5.59. The smallest absolute Gasteiger partial charge is 0.168 e. The van der Waals surface area contributed by atoms with Crippen LogP contribution in [0.3, 0.4) is 0 Å². The van der Waals surface area contributed by atoms with E-state index in [4.69, 9.17) is 0 Å². The summed E-state index contributed by atoms with van der Waals surface area (Å²) < 4.78 is 26.0. The molecule has 1 heterocycles. The molecule has 1 nitrogen and oxygen atoms in total. The normalized spacial score (nSPS) is 10.1. The van der Waals surface area contributed by atoms with Crippen LogP contribution in [0.15, 0.2) is 30.5 Å². The van der Waals surface area contributed by atoms with Crippen LogP contribution in [0, 0.1) is 23.8 Å². The van der Waals surface area contributed by atoms with E-state index in [0.717, 1.165) is 0 Å². The molecule has 0 spiro atoms. The van der Waals surface area contributed by atoms with Gasteiger partial charge in [0.05, 0.1) is 5.69 Å². The fourth-order valence-corrected chi connectivity index (χ4v) is 1.13. The molecule has 0 unspecified atom stereocenters. The first-order chi connectivity index (χ1) is 6.79. The zero-order chi connectivity index (χ0) is 9.97. The van der Waals surface area contributed by atoms with Crippen LogP contribution in [0.25, 0.3) is 11.3 Å². The number of nitrogens with zero attached hydrogens (tertiary/aromatic N) is 1. The Kier molecular flexibility index (Phi) is 2.23. The minimum atomic E-state index is -0.989. The van der Waals surface area contributed by atoms with Crippen LogP contribution < -0.4 is 0 Å². The van der Waals surface area contributed by atoms with Crippen molar-refractivity contribution >= 4 is 0 Å². The summed E-state index contributed by atoms with van der Waals surface area (Å²) in [6.07, 6.45) is 1.41. The fraction of sp³-hybridized carbons (Fsp3) is 0. The molecule has 0 N–H and O–H groups in total. The molecule has 1 aromatic carbocycles. The van der Waals surface area contributed by atoms with Crippen LogP contribution in [0.5, 0.6) is 0 Å². The third-order valence-electron chi connectivity index (χ3n) is 1.78. The Morgan fingerprint density at radius 1 is 1.14 bits per heavy atom. The predicted octanol–water partition coefficient (Wildman–Crippen LogP) is 2.63. The predicted molar refractivity (Wildman–Crippen MR) is 47.3 cm³/mol. The van der Waals surface area contributed by atoms with Gasteiger partial charge in [0, 0.05) is 23.9 Å². The van der Waals surface area contributed by atoms with E-state index < -0.39 is 11.6 Å². The van der Waals surface area contributed by atoms with E-state index in [0.29, 0.717) is 5.69 Å². The summed E-state index contributed by atoms with van der Waals surface area (Å²) in [7, 11) is 0. The molecule has 0 aliphatic carbocycles. The highest BCUT2D eigenvalue weighted by atomic mass is 19.2. The molecule has 0 saturated carbocycles. The average molecular weight is 189 g/mol. The molecule has 3 heteroatoms. The average Bonchev–Trinajstić information content (AvgIpc) is 2.23. The van der Waals surface area contributed by atoms with E-state index in [9.17, 15) is 8.78 Å². The van der Waals surface area contributed by atoms with Crippen LogP contribution in [0.4, 0.5) is 8.78 Å². The SMILES string of the molecule is Fc1[c]ccc(-c2cc[c]cn2)c1F. The first-order valence-corrected chi connectivity index (χ1v) is 3.97. The highest BCUT2D eigenvalue weighted by Crippen LogP contribution is 2.21. The van der Waals surface area contributed by atoms with Crippen molar-refractivity contribution in [1.29, 1.82) is 0 Å². The van der Waals surface area contributed by atoms with Crippen molar-refractivity contribution in [3.05, 3.63) is 54.2 Å². The number of pyridine rings is 1. The molecular formula is C11H5F2N. The van der Waals surface area contributed by atoms with Gasteiger partial charge >= 0.3 is 0 Å². The zero-order valence-electron chi connectivity index (χ0n) is 7.09. The number of benzene rings is 1. The zero-order valence-corrected chi connectivity index (χ0v) is 7.09. The third kappa shape index (κ3) is 1.48. The molecule has 2 aromatic rings. The molecule has 1 aromatic heterocycles. The third-order valence-corrected chi connectivity index (χ3v) is 1.78. The van der Waals surface area contributed by atoms with Crippen molar-refractivity contribution in [3.63, 3.8) is 0 Å². The van der Waals surface area contributed by atoms with Crippen LogP contribution in [0.1, 0.15) is 0 Å². The number of hydrogen-bond acceptors (Lipinski definition) is 1. The van der Waals surface area contributed by atoms with E-state index in [1.165, 1.54) is 18.3 Å². The molecule has 68 valence electrons. The lowest BCUT2D eigenvalue weighted by Crippen LogP contribution is -1.90. The summed E-state index contributed by atoms with van der Waals surface area (Å²) in [5, 5.41) is 0. The fourth-order valence-electron chi connectivity index (χ4n) is 1.13. The standard InChI is InChI=1S/C11H5F2N/c12-9-5-3-4-8(11(9)13)10-6-1-2-7-14-10/h1,3-4,6-7H. The Balaban J connectivity index is 2.58. The van der Waals surface area contributed by atoms with Gasteiger partial charge in [-0.05, 0) is 12.1 Å². The Morgan fingerprint density at radius 2 is 2.00 bits per heavy atom. The van der Waals surface area contributed by atoms with Crippen molar-refractivity contribution in [1.82, 2.24) is 4.98 Å². The second-order valence-electron chi connectivity index (χ2n) is 2.66. The molecule has 0 bridgehead atoms. The summed E-state index contributed by atoms with van der Waals surface area (Å²) in [5.41, 5.74) is 0.518. The van der Waals surface area contributed by atoms with E-state index in [-0.39, 0.29) is 5.56 Å². The van der Waals surface area contributed by atoms with E-state index in [1.54, 1.807) is 12.1 Å². The quantitative estimate of drug-likeness (QED) is 0.672. The minimum absolute atomic E-state index is 0.134. The Bertz CT molecular complexity index is 440. The van der Waals surface area contributed by atoms with Gasteiger partial charge in [-0.25, -0.2) is 8.78 Å². The molecule has 0 aliphatic rings. The number of aromatic nitrogens is 1. The number of rotatable bonds is 1. The lowest BCUT2D eigenvalue weighted by Gasteiger charge is -2.01. The Labute approximate surface area is 80.0 Å². The second kappa shape index (κ2) is 3.54. The first kappa shape index (κ1) is 8.81. The van der Waals surface area contributed by atoms with Crippen LogP contribution in [0.2, 0.25) is 0 Å².